The van der Waals surface area contributed by atoms with E-state index in [9.17, 15) is 0 Å². The second-order valence-electron chi connectivity index (χ2n) is 5.64. The van der Waals surface area contributed by atoms with E-state index in [0.717, 1.165) is 39.3 Å². The van der Waals surface area contributed by atoms with Gasteiger partial charge in [0.1, 0.15) is 0 Å². The molecule has 3 saturated heterocycles. The van der Waals surface area contributed by atoms with Gasteiger partial charge in [0.25, 0.3) is 0 Å². The molecule has 9 heteroatoms. The number of ether oxygens (including phenoxy) is 3. The molecule has 3 rings (SSSR count). The minimum atomic E-state index is -3.31. The van der Waals surface area contributed by atoms with Gasteiger partial charge in [-0.1, -0.05) is 0 Å². The van der Waals surface area contributed by atoms with Crippen molar-refractivity contribution in [1.82, 2.24) is 14.0 Å². The van der Waals surface area contributed by atoms with Crippen LogP contribution in [0.2, 0.25) is 0 Å². The van der Waals surface area contributed by atoms with Crippen LogP contribution in [-0.4, -0.2) is 92.9 Å². The third kappa shape index (κ3) is 2.96. The summed E-state index contributed by atoms with van der Waals surface area (Å²) in [5.41, 5.74) is 7.07. The van der Waals surface area contributed by atoms with Gasteiger partial charge in [-0.15, -0.1) is 0 Å². The average molecular weight is 341 g/mol. The van der Waals surface area contributed by atoms with Crippen molar-refractivity contribution in [2.45, 2.75) is 0 Å². The minimum absolute atomic E-state index is 0.691. The second kappa shape index (κ2) is 6.51. The quantitative estimate of drug-likeness (QED) is 0.742. The Morgan fingerprint density at radius 2 is 0.857 bits per heavy atom. The predicted molar refractivity (Wildman–Crippen MR) is 84.1 cm³/mol. The molecule has 21 heavy (non-hydrogen) atoms. The van der Waals surface area contributed by atoms with Crippen molar-refractivity contribution in [2.24, 2.45) is 5.50 Å². The summed E-state index contributed by atoms with van der Waals surface area (Å²) in [4.78, 5) is 0. The Kier molecular flexibility index (Phi) is 5.06. The predicted octanol–water partition coefficient (Wildman–Crippen LogP) is 0.309. The number of rotatable bonds is 3. The Bertz CT molecular complexity index is 306. The van der Waals surface area contributed by atoms with Crippen LogP contribution in [0.1, 0.15) is 0 Å². The van der Waals surface area contributed by atoms with E-state index in [1.807, 2.05) is 0 Å². The van der Waals surface area contributed by atoms with E-state index in [1.54, 1.807) is 0 Å². The van der Waals surface area contributed by atoms with Gasteiger partial charge in [-0.05, 0) is 0 Å². The van der Waals surface area contributed by atoms with Crippen molar-refractivity contribution in [3.05, 3.63) is 0 Å². The Morgan fingerprint density at radius 1 is 0.619 bits per heavy atom. The van der Waals surface area contributed by atoms with E-state index >= 15 is 0 Å². The SMILES string of the molecule is NP(Cl)(N1CCOCC1)(N1CCOCC1)N1CCOCC1. The standard InChI is InChI=1S/C12H26ClN4O3P/c13-21(14,15-1-7-18-8-2-15,16-3-9-19-10-4-16)17-5-11-20-12-6-17/h1-12,14H2. The Hall–Kier alpha value is 0.440. The van der Waals surface area contributed by atoms with E-state index in [1.165, 1.54) is 0 Å². The van der Waals surface area contributed by atoms with Gasteiger partial charge < -0.3 is 0 Å². The van der Waals surface area contributed by atoms with Crippen molar-refractivity contribution in [3.8, 4) is 0 Å². The zero-order chi connectivity index (χ0) is 14.8. The fourth-order valence-electron chi connectivity index (χ4n) is 3.31. The van der Waals surface area contributed by atoms with E-state index in [-0.39, 0.29) is 0 Å². The van der Waals surface area contributed by atoms with Crippen molar-refractivity contribution in [1.29, 1.82) is 0 Å². The summed E-state index contributed by atoms with van der Waals surface area (Å²) < 4.78 is 23.3. The topological polar surface area (TPSA) is 63.4 Å². The summed E-state index contributed by atoms with van der Waals surface area (Å²) in [5, 5.41) is 0. The molecule has 3 fully saturated rings. The normalized spacial score (nSPS) is 29.9. The number of hydrogen-bond donors (Lipinski definition) is 1. The van der Waals surface area contributed by atoms with E-state index < -0.39 is 6.56 Å². The van der Waals surface area contributed by atoms with Crippen LogP contribution in [0.4, 0.5) is 0 Å². The van der Waals surface area contributed by atoms with Gasteiger partial charge >= 0.3 is 130 Å². The van der Waals surface area contributed by atoms with Crippen LogP contribution in [-0.2, 0) is 14.2 Å². The number of halogens is 1. The van der Waals surface area contributed by atoms with Crippen LogP contribution < -0.4 is 5.50 Å². The molecule has 0 aromatic rings. The maximum absolute atomic E-state index is 7.35. The molecule has 0 radical (unpaired) electrons. The van der Waals surface area contributed by atoms with Gasteiger partial charge in [0.05, 0.1) is 0 Å². The molecular weight excluding hydrogens is 315 g/mol. The van der Waals surface area contributed by atoms with Gasteiger partial charge in [-0.3, -0.25) is 0 Å². The molecular formula is C12H26ClN4O3P. The van der Waals surface area contributed by atoms with Crippen LogP contribution >= 0.6 is 17.8 Å². The van der Waals surface area contributed by atoms with Gasteiger partial charge in [0, 0.05) is 0 Å². The third-order valence-electron chi connectivity index (χ3n) is 4.53. The molecule has 7 nitrogen and oxygen atoms in total. The first-order chi connectivity index (χ1) is 10.1. The molecule has 3 aliphatic rings. The Labute approximate surface area is 131 Å². The van der Waals surface area contributed by atoms with Crippen LogP contribution in [0.5, 0.6) is 0 Å². The average Bonchev–Trinajstić information content (AvgIpc) is 2.57. The Balaban J connectivity index is 1.90. The maximum atomic E-state index is 7.35. The van der Waals surface area contributed by atoms with Crippen molar-refractivity contribution in [2.75, 3.05) is 78.9 Å². The fraction of sp³-hybridized carbons (Fsp3) is 1.00. The van der Waals surface area contributed by atoms with E-state index in [2.05, 4.69) is 14.0 Å². The summed E-state index contributed by atoms with van der Waals surface area (Å²) in [6, 6.07) is 0. The number of nitrogens with two attached hydrogens (primary N) is 1. The molecule has 0 aromatic heterocycles. The monoisotopic (exact) mass is 340 g/mol. The fourth-order valence-corrected chi connectivity index (χ4v) is 8.45. The zero-order valence-electron chi connectivity index (χ0n) is 12.5. The van der Waals surface area contributed by atoms with Crippen LogP contribution in [0.25, 0.3) is 0 Å². The molecule has 3 heterocycles. The molecule has 2 N–H and O–H groups in total. The Morgan fingerprint density at radius 3 is 1.10 bits per heavy atom. The third-order valence-corrected chi connectivity index (χ3v) is 10.8. The first kappa shape index (κ1) is 16.3. The van der Waals surface area contributed by atoms with Gasteiger partial charge in [-0.2, -0.15) is 0 Å². The molecule has 0 spiro atoms. The number of morpholine rings is 3. The van der Waals surface area contributed by atoms with Crippen LogP contribution in [0, 0.1) is 0 Å². The van der Waals surface area contributed by atoms with Crippen LogP contribution in [0.3, 0.4) is 0 Å². The summed E-state index contributed by atoms with van der Waals surface area (Å²) in [5.74, 6) is 0. The molecule has 0 bridgehead atoms. The molecule has 0 amide bonds. The number of nitrogens with zero attached hydrogens (tertiary/aromatic N) is 3. The molecule has 0 aromatic carbocycles. The number of hydrogen-bond acceptors (Lipinski definition) is 7. The van der Waals surface area contributed by atoms with Crippen molar-refractivity contribution in [3.63, 3.8) is 0 Å². The summed E-state index contributed by atoms with van der Waals surface area (Å²) >= 11 is 7.35. The molecule has 0 unspecified atom stereocenters. The summed E-state index contributed by atoms with van der Waals surface area (Å²) in [7, 11) is 0. The molecule has 0 aliphatic carbocycles. The van der Waals surface area contributed by atoms with Gasteiger partial charge in [0.15, 0.2) is 0 Å². The van der Waals surface area contributed by atoms with Gasteiger partial charge in [0.2, 0.25) is 0 Å². The first-order valence-corrected chi connectivity index (χ1v) is 10.7. The van der Waals surface area contributed by atoms with E-state index in [4.69, 9.17) is 31.0 Å². The molecule has 0 saturated carbocycles. The van der Waals surface area contributed by atoms with Crippen LogP contribution in [0.15, 0.2) is 0 Å². The van der Waals surface area contributed by atoms with Crippen molar-refractivity contribution < 1.29 is 14.2 Å². The second-order valence-corrected chi connectivity index (χ2v) is 11.2. The van der Waals surface area contributed by atoms with Crippen molar-refractivity contribution >= 4 is 17.8 Å². The summed E-state index contributed by atoms with van der Waals surface area (Å²) in [6.45, 7) is 5.54. The molecule has 124 valence electrons. The zero-order valence-corrected chi connectivity index (χ0v) is 14.1. The first-order valence-electron chi connectivity index (χ1n) is 7.66. The van der Waals surface area contributed by atoms with Gasteiger partial charge in [-0.25, -0.2) is 0 Å². The molecule has 3 aliphatic heterocycles. The molecule has 0 atom stereocenters. The van der Waals surface area contributed by atoms with E-state index in [0.29, 0.717) is 39.6 Å². The summed E-state index contributed by atoms with van der Waals surface area (Å²) in [6.07, 6.45) is 0.